The van der Waals surface area contributed by atoms with Crippen molar-refractivity contribution in [1.29, 1.82) is 0 Å². The minimum Gasteiger partial charge on any atom is -0.534 e. The van der Waals surface area contributed by atoms with Crippen molar-refractivity contribution in [3.63, 3.8) is 0 Å². The molecular formula is C62H80B2F2N10O24Pd. The maximum Gasteiger partial charge on any atom is 0.547 e. The molecule has 2 aromatic carbocycles. The average molecular weight is 1520 g/mol. The molecule has 4 aliphatic heterocycles. The number of piperazine rings is 2. The summed E-state index contributed by atoms with van der Waals surface area (Å²) in [5.74, 6) is -14.4. The number of fused-ring (bicyclic) bond motifs is 2. The van der Waals surface area contributed by atoms with Gasteiger partial charge in [-0.1, -0.05) is 37.6 Å². The van der Waals surface area contributed by atoms with E-state index in [-0.39, 0.29) is 113 Å². The van der Waals surface area contributed by atoms with Gasteiger partial charge >= 0.3 is 73.8 Å². The molecule has 2 unspecified atom stereocenters. The number of nitrogens with zero attached hydrogens (tertiary/aromatic N) is 6. The van der Waals surface area contributed by atoms with Crippen LogP contribution in [0.1, 0.15) is 132 Å². The van der Waals surface area contributed by atoms with Crippen molar-refractivity contribution in [2.24, 2.45) is 10.8 Å². The Kier molecular flexibility index (Phi) is 30.1. The van der Waals surface area contributed by atoms with Crippen molar-refractivity contribution < 1.29 is 147 Å². The van der Waals surface area contributed by atoms with Crippen molar-refractivity contribution in [2.45, 2.75) is 112 Å². The summed E-state index contributed by atoms with van der Waals surface area (Å²) in [5, 5.41) is 40.8. The number of benzene rings is 2. The number of para-hydroxylation sites is 2. The van der Waals surface area contributed by atoms with E-state index in [2.05, 4.69) is 31.2 Å². The molecule has 34 nitrogen and oxygen atoms in total. The predicted molar refractivity (Wildman–Crippen MR) is 343 cm³/mol. The number of urea groups is 2. The molecule has 6 heterocycles. The first-order valence-electron chi connectivity index (χ1n) is 31.0. The zero-order chi connectivity index (χ0) is 72.1. The van der Waals surface area contributed by atoms with Crippen LogP contribution in [-0.2, 0) is 90.6 Å². The molecule has 552 valence electrons. The molecule has 8 rings (SSSR count). The van der Waals surface area contributed by atoms with Crippen LogP contribution in [-0.4, -0.2) is 213 Å². The summed E-state index contributed by atoms with van der Waals surface area (Å²) in [4.78, 5) is 165. The van der Waals surface area contributed by atoms with Gasteiger partial charge in [-0.25, -0.2) is 28.0 Å². The summed E-state index contributed by atoms with van der Waals surface area (Å²) >= 11 is 0. The van der Waals surface area contributed by atoms with E-state index in [0.717, 1.165) is 18.7 Å². The van der Waals surface area contributed by atoms with Gasteiger partial charge in [0.15, 0.2) is 23.7 Å². The largest absolute Gasteiger partial charge is 0.547 e. The van der Waals surface area contributed by atoms with E-state index in [4.69, 9.17) is 33.0 Å². The van der Waals surface area contributed by atoms with Crippen molar-refractivity contribution >= 4 is 85.6 Å². The third kappa shape index (κ3) is 20.8. The first-order valence-corrected chi connectivity index (χ1v) is 31.0. The van der Waals surface area contributed by atoms with Gasteiger partial charge in [0, 0.05) is 73.3 Å². The number of halogens is 2. The van der Waals surface area contributed by atoms with E-state index in [0.29, 0.717) is 40.0 Å². The number of rotatable bonds is 20. The molecule has 4 aromatic rings. The molecule has 2 fully saturated rings. The van der Waals surface area contributed by atoms with Crippen LogP contribution in [0.5, 0.6) is 23.0 Å². The van der Waals surface area contributed by atoms with Crippen molar-refractivity contribution in [2.75, 3.05) is 59.5 Å². The second kappa shape index (κ2) is 36.4. The van der Waals surface area contributed by atoms with Crippen LogP contribution in [0, 0.1) is 22.5 Å². The fourth-order valence-electron chi connectivity index (χ4n) is 9.78. The zero-order valence-electron chi connectivity index (χ0n) is 56.3. The van der Waals surface area contributed by atoms with E-state index in [1.807, 2.05) is 6.92 Å². The summed E-state index contributed by atoms with van der Waals surface area (Å²) in [6.07, 6.45) is 3.34. The van der Waals surface area contributed by atoms with E-state index in [9.17, 15) is 77.1 Å². The number of ether oxygens (including phenoxy) is 5. The molecule has 4 aliphatic rings. The molecular weight excluding hydrogens is 1430 g/mol. The van der Waals surface area contributed by atoms with Gasteiger partial charge in [-0.3, -0.25) is 58.1 Å². The van der Waals surface area contributed by atoms with Crippen LogP contribution in [0.15, 0.2) is 60.9 Å². The number of likely N-dealkylation sites (N-methyl/N-ethyl adjacent to an activating group) is 2. The van der Waals surface area contributed by atoms with Gasteiger partial charge in [0.25, 0.3) is 0 Å². The minimum atomic E-state index is -1.90. The van der Waals surface area contributed by atoms with E-state index >= 15 is 4.39 Å². The Morgan fingerprint density at radius 2 is 1.03 bits per heavy atom. The summed E-state index contributed by atoms with van der Waals surface area (Å²) < 4.78 is 67.1. The molecule has 0 bridgehead atoms. The SMILES string of the molecule is CCCCOc1cnc(C(NC(=O)N2CCN(CC)C(=O)C2=O)C(=O)N[C@H]2Cc3cccc(C(=O)OCOC(=O)C(C)(C)C)c3OB2O)c(F)c1.CCN1CCN(C(=O)NC(C(=O)N[C@H]2Cc3cccc(C(=O)OCOC(=O)C(C)(C)C)c3OB2O)c2ncc(O)cc2F)C(=O)C1=O.O.O.[HH].[Pd]. The maximum absolute atomic E-state index is 15.5. The van der Waals surface area contributed by atoms with Crippen LogP contribution in [0.25, 0.3) is 0 Å². The van der Waals surface area contributed by atoms with Gasteiger partial charge in [-0.15, -0.1) is 0 Å². The van der Waals surface area contributed by atoms with Gasteiger partial charge in [-0.05, 0) is 97.9 Å². The quantitative estimate of drug-likeness (QED) is 0.0208. The topological polar surface area (TPSA) is 480 Å². The Morgan fingerprint density at radius 3 is 1.41 bits per heavy atom. The van der Waals surface area contributed by atoms with Crippen LogP contribution in [0.2, 0.25) is 0 Å². The van der Waals surface area contributed by atoms with Crippen molar-refractivity contribution in [1.82, 2.24) is 50.8 Å². The third-order valence-corrected chi connectivity index (χ3v) is 15.3. The molecule has 2 aromatic heterocycles. The first-order chi connectivity index (χ1) is 46.3. The number of amides is 10. The van der Waals surface area contributed by atoms with Crippen LogP contribution >= 0.6 is 0 Å². The number of imide groups is 2. The van der Waals surface area contributed by atoms with Gasteiger partial charge in [0.2, 0.25) is 25.4 Å². The number of aromatic nitrogens is 2. The molecule has 0 radical (unpaired) electrons. The molecule has 0 spiro atoms. The van der Waals surface area contributed by atoms with Crippen LogP contribution < -0.4 is 35.3 Å². The van der Waals surface area contributed by atoms with E-state index in [1.54, 1.807) is 67.5 Å². The molecule has 0 saturated carbocycles. The maximum atomic E-state index is 15.5. The van der Waals surface area contributed by atoms with Gasteiger partial charge < -0.3 is 90.2 Å². The summed E-state index contributed by atoms with van der Waals surface area (Å²) in [6, 6.07) is 4.44. The molecule has 101 heavy (non-hydrogen) atoms. The minimum absolute atomic E-state index is 0. The number of esters is 4. The van der Waals surface area contributed by atoms with E-state index in [1.165, 1.54) is 40.3 Å². The number of pyridine rings is 2. The molecule has 10 amide bonds. The third-order valence-electron chi connectivity index (χ3n) is 15.3. The Balaban J connectivity index is 0.000000512. The Hall–Kier alpha value is -9.93. The standard InChI is InChI=1S/C33H41BFN5O11.C29H33BFN5O11.2H2O.Pd.H2/c1-6-8-14-48-20-16-22(35)24(36-17-20)25(38-32(46)40-13-12-39(7-2)28(42)29(40)43)27(41)37-23-15-19-10-9-11-21(26(19)51-34(23)47)30(44)49-18-50-31(45)33(3,4)5;1-5-35-9-10-36(25(40)24(35)39)28(43)34-21(20-18(31)12-16(37)13-32-20)23(38)33-19-11-15-7-6-8-17(22(15)47-30(19)44)26(41)45-14-46-27(42)29(2,3)4;;;;/h9-11,16-17,23,25,47H,6-8,12-15,18H2,1-5H3,(H,37,41)(H,38,46);6-8,12-13,19,21,37,44H,5,9-11,14H2,1-4H3,(H,33,38)(H,34,43);2*1H2;;1H/t23-,25?;19-,21?;;;;/m00..../s1. The monoisotopic (exact) mass is 1510 g/mol. The number of carbonyl (C=O) groups excluding carboxylic acids is 12. The normalized spacial score (nSPS) is 16.2. The van der Waals surface area contributed by atoms with E-state index < -0.39 is 163 Å². The number of carbonyl (C=O) groups is 12. The van der Waals surface area contributed by atoms with Crippen molar-refractivity contribution in [3.05, 3.63) is 106 Å². The van der Waals surface area contributed by atoms with Crippen LogP contribution in [0.3, 0.4) is 0 Å². The summed E-state index contributed by atoms with van der Waals surface area (Å²) in [7, 11) is -3.49. The number of hydrogen-bond acceptors (Lipinski definition) is 24. The van der Waals surface area contributed by atoms with Crippen molar-refractivity contribution in [3.8, 4) is 23.0 Å². The van der Waals surface area contributed by atoms with Gasteiger partial charge in [0.05, 0.1) is 41.7 Å². The fourth-order valence-corrected chi connectivity index (χ4v) is 9.78. The molecule has 0 aliphatic carbocycles. The fraction of sp³-hybridized carbons (Fsp3) is 0.452. The predicted octanol–water partition coefficient (Wildman–Crippen LogP) is 0.489. The molecule has 11 N–H and O–H groups in total. The number of hydrogen-bond donors (Lipinski definition) is 7. The second-order valence-electron chi connectivity index (χ2n) is 24.5. The smallest absolute Gasteiger partial charge is 0.534 e. The average Bonchev–Trinajstić information content (AvgIpc) is 0.796. The zero-order valence-corrected chi connectivity index (χ0v) is 57.8. The summed E-state index contributed by atoms with van der Waals surface area (Å²) in [5.41, 5.74) is -2.25. The molecule has 2 saturated heterocycles. The van der Waals surface area contributed by atoms with Gasteiger partial charge in [0.1, 0.15) is 45.5 Å². The molecule has 4 atom stereocenters. The number of aromatic hydroxyl groups is 1. The number of unbranched alkanes of at least 4 members (excludes halogenated alkanes) is 1. The first kappa shape index (κ1) is 83.5. The van der Waals surface area contributed by atoms with Crippen LogP contribution in [0.4, 0.5) is 18.4 Å². The Bertz CT molecular complexity index is 3760. The van der Waals surface area contributed by atoms with Gasteiger partial charge in [-0.2, -0.15) is 0 Å². The summed E-state index contributed by atoms with van der Waals surface area (Å²) in [6.45, 7) is 14.3. The Morgan fingerprint density at radius 1 is 0.624 bits per heavy atom. The number of nitrogens with one attached hydrogen (secondary N) is 4. The Labute approximate surface area is 592 Å². The molecule has 39 heteroatoms. The second-order valence-corrected chi connectivity index (χ2v) is 24.5.